The van der Waals surface area contributed by atoms with Gasteiger partial charge in [0.1, 0.15) is 4.90 Å². The molecule has 2 N–H and O–H groups in total. The summed E-state index contributed by atoms with van der Waals surface area (Å²) in [6.07, 6.45) is 3.47. The van der Waals surface area contributed by atoms with Crippen molar-refractivity contribution in [3.05, 3.63) is 27.1 Å². The summed E-state index contributed by atoms with van der Waals surface area (Å²) in [6, 6.07) is 3.00. The van der Waals surface area contributed by atoms with E-state index in [4.69, 9.17) is 0 Å². The largest absolute Gasteiger partial charge is 0.328 e. The van der Waals surface area contributed by atoms with E-state index in [-0.39, 0.29) is 22.0 Å². The maximum Gasteiger partial charge on any atom is 0.328 e. The van der Waals surface area contributed by atoms with Crippen molar-refractivity contribution >= 4 is 42.9 Å². The third-order valence-electron chi connectivity index (χ3n) is 5.99. The van der Waals surface area contributed by atoms with Crippen LogP contribution in [0.1, 0.15) is 25.7 Å². The number of carbonyl (C=O) groups is 1. The molecule has 1 atom stereocenters. The Morgan fingerprint density at radius 2 is 1.89 bits per heavy atom. The third kappa shape index (κ3) is 2.76. The number of nitrogens with zero attached hydrogens (tertiary/aromatic N) is 2. The highest BCUT2D eigenvalue weighted by Gasteiger charge is 2.50. The fraction of sp³-hybridized carbons (Fsp3) is 0.529. The zero-order valence-electron chi connectivity index (χ0n) is 15.1. The summed E-state index contributed by atoms with van der Waals surface area (Å²) in [4.78, 5) is 24.8. The van der Waals surface area contributed by atoms with Crippen LogP contribution in [0.15, 0.2) is 26.3 Å². The van der Waals surface area contributed by atoms with E-state index in [1.54, 1.807) is 20.2 Å². The van der Waals surface area contributed by atoms with Gasteiger partial charge >= 0.3 is 5.69 Å². The van der Waals surface area contributed by atoms with Gasteiger partial charge in [0.25, 0.3) is 10.0 Å². The molecule has 2 aliphatic rings. The minimum absolute atomic E-state index is 0.0573. The highest BCUT2D eigenvalue weighted by Crippen LogP contribution is 2.43. The third-order valence-corrected chi connectivity index (χ3v) is 8.29. The van der Waals surface area contributed by atoms with Gasteiger partial charge in [-0.2, -0.15) is 0 Å². The van der Waals surface area contributed by atoms with E-state index < -0.39 is 15.9 Å². The number of aryl methyl sites for hydroxylation is 2. The molecule has 2 heterocycles. The lowest BCUT2D eigenvalue weighted by atomic mass is 9.69. The molecule has 1 saturated carbocycles. The molecule has 1 aromatic heterocycles. The second-order valence-electron chi connectivity index (χ2n) is 7.42. The maximum atomic E-state index is 12.9. The SMILES string of the molecule is Cn1c(=O)n(C)c2cc(S(=O)(=O)NC(=O)C3CCNC34CCC4)c(Br)cc21. The Hall–Kier alpha value is -1.65. The van der Waals surface area contributed by atoms with Gasteiger partial charge in [0.05, 0.1) is 17.0 Å². The van der Waals surface area contributed by atoms with Crippen LogP contribution in [0.3, 0.4) is 0 Å². The van der Waals surface area contributed by atoms with Crippen molar-refractivity contribution in [3.8, 4) is 0 Å². The van der Waals surface area contributed by atoms with Crippen molar-refractivity contribution in [1.82, 2.24) is 19.2 Å². The van der Waals surface area contributed by atoms with Crippen LogP contribution in [0.5, 0.6) is 0 Å². The highest BCUT2D eigenvalue weighted by molar-refractivity contribution is 9.10. The standard InChI is InChI=1S/C17H21BrN4O4S/c1-21-12-8-11(18)14(9-13(12)22(2)16(21)24)27(25,26)20-15(23)10-4-7-19-17(10)5-3-6-17/h8-10,19H,3-7H2,1-2H3,(H,20,23). The molecule has 10 heteroatoms. The Kier molecular flexibility index (Phi) is 4.28. The molecular formula is C17H21BrN4O4S. The predicted molar refractivity (Wildman–Crippen MR) is 104 cm³/mol. The number of hydrogen-bond donors (Lipinski definition) is 2. The van der Waals surface area contributed by atoms with Gasteiger partial charge < -0.3 is 5.32 Å². The number of halogens is 1. The number of imidazole rings is 1. The molecule has 1 aliphatic carbocycles. The monoisotopic (exact) mass is 456 g/mol. The van der Waals surface area contributed by atoms with Crippen LogP contribution in [0, 0.1) is 5.92 Å². The number of hydrogen-bond acceptors (Lipinski definition) is 5. The van der Waals surface area contributed by atoms with Crippen LogP contribution in [-0.4, -0.2) is 35.5 Å². The van der Waals surface area contributed by atoms with E-state index in [1.807, 2.05) is 0 Å². The molecule has 1 aromatic carbocycles. The molecule has 4 rings (SSSR count). The van der Waals surface area contributed by atoms with Gasteiger partial charge in [0, 0.05) is 24.1 Å². The summed E-state index contributed by atoms with van der Waals surface area (Å²) < 4.78 is 31.2. The Balaban J connectivity index is 1.70. The average molecular weight is 457 g/mol. The van der Waals surface area contributed by atoms with E-state index in [0.717, 1.165) is 25.8 Å². The first kappa shape index (κ1) is 18.7. The normalized spacial score (nSPS) is 21.5. The molecule has 1 spiro atoms. The summed E-state index contributed by atoms with van der Waals surface area (Å²) in [5, 5.41) is 3.37. The van der Waals surface area contributed by atoms with Gasteiger partial charge in [-0.05, 0) is 60.3 Å². The average Bonchev–Trinajstić information content (AvgIpc) is 3.11. The van der Waals surface area contributed by atoms with Gasteiger partial charge in [-0.3, -0.25) is 13.9 Å². The zero-order chi connectivity index (χ0) is 19.6. The van der Waals surface area contributed by atoms with Gasteiger partial charge in [0.2, 0.25) is 5.91 Å². The number of amides is 1. The zero-order valence-corrected chi connectivity index (χ0v) is 17.5. The first-order valence-corrected chi connectivity index (χ1v) is 11.1. The molecule has 1 aliphatic heterocycles. The number of rotatable bonds is 3. The van der Waals surface area contributed by atoms with Crippen molar-refractivity contribution in [2.45, 2.75) is 36.1 Å². The lowest BCUT2D eigenvalue weighted by molar-refractivity contribution is -0.126. The molecule has 0 radical (unpaired) electrons. The lowest BCUT2D eigenvalue weighted by Crippen LogP contribution is -2.55. The fourth-order valence-corrected chi connectivity index (χ4v) is 6.37. The highest BCUT2D eigenvalue weighted by atomic mass is 79.9. The Bertz CT molecular complexity index is 1110. The van der Waals surface area contributed by atoms with E-state index in [9.17, 15) is 18.0 Å². The summed E-state index contributed by atoms with van der Waals surface area (Å²) in [5.41, 5.74) is 0.591. The van der Waals surface area contributed by atoms with Crippen LogP contribution < -0.4 is 15.7 Å². The number of nitrogens with one attached hydrogen (secondary N) is 2. The number of fused-ring (bicyclic) bond motifs is 1. The molecule has 8 nitrogen and oxygen atoms in total. The van der Waals surface area contributed by atoms with Crippen LogP contribution in [0.2, 0.25) is 0 Å². The fourth-order valence-electron chi connectivity index (χ4n) is 4.29. The van der Waals surface area contributed by atoms with Crippen molar-refractivity contribution in [1.29, 1.82) is 0 Å². The van der Waals surface area contributed by atoms with Gasteiger partial charge in [-0.25, -0.2) is 17.9 Å². The van der Waals surface area contributed by atoms with Crippen LogP contribution in [0.4, 0.5) is 0 Å². The summed E-state index contributed by atoms with van der Waals surface area (Å²) >= 11 is 3.27. The molecule has 146 valence electrons. The number of sulfonamides is 1. The van der Waals surface area contributed by atoms with Crippen LogP contribution in [-0.2, 0) is 28.9 Å². The van der Waals surface area contributed by atoms with Gasteiger partial charge in [-0.15, -0.1) is 0 Å². The van der Waals surface area contributed by atoms with E-state index in [1.165, 1.54) is 15.2 Å². The first-order chi connectivity index (χ1) is 12.7. The Morgan fingerprint density at radius 1 is 1.26 bits per heavy atom. The maximum absolute atomic E-state index is 12.9. The lowest BCUT2D eigenvalue weighted by Gasteiger charge is -2.42. The van der Waals surface area contributed by atoms with Crippen LogP contribution in [0.25, 0.3) is 11.0 Å². The van der Waals surface area contributed by atoms with E-state index in [0.29, 0.717) is 21.9 Å². The summed E-state index contributed by atoms with van der Waals surface area (Å²) in [6.45, 7) is 0.722. The molecule has 1 unspecified atom stereocenters. The summed E-state index contributed by atoms with van der Waals surface area (Å²) in [5.74, 6) is -0.807. The topological polar surface area (TPSA) is 102 Å². The number of aromatic nitrogens is 2. The van der Waals surface area contributed by atoms with Gasteiger partial charge in [-0.1, -0.05) is 0 Å². The molecule has 0 bridgehead atoms. The van der Waals surface area contributed by atoms with E-state index in [2.05, 4.69) is 26.0 Å². The quantitative estimate of drug-likeness (QED) is 0.716. The van der Waals surface area contributed by atoms with Gasteiger partial charge in [0.15, 0.2) is 0 Å². The number of benzene rings is 1. The second kappa shape index (κ2) is 6.18. The second-order valence-corrected chi connectivity index (χ2v) is 9.92. The minimum atomic E-state index is -4.07. The smallest absolute Gasteiger partial charge is 0.310 e. The van der Waals surface area contributed by atoms with Crippen molar-refractivity contribution in [2.24, 2.45) is 20.0 Å². The molecule has 2 aromatic rings. The number of carbonyl (C=O) groups excluding carboxylic acids is 1. The van der Waals surface area contributed by atoms with Crippen molar-refractivity contribution < 1.29 is 13.2 Å². The molecular weight excluding hydrogens is 436 g/mol. The van der Waals surface area contributed by atoms with Crippen LogP contribution >= 0.6 is 15.9 Å². The summed E-state index contributed by atoms with van der Waals surface area (Å²) in [7, 11) is -0.868. The van der Waals surface area contributed by atoms with Crippen molar-refractivity contribution in [2.75, 3.05) is 6.54 Å². The predicted octanol–water partition coefficient (Wildman–Crippen LogP) is 0.977. The molecule has 1 saturated heterocycles. The molecule has 1 amide bonds. The molecule has 27 heavy (non-hydrogen) atoms. The Labute approximate surface area is 165 Å². The van der Waals surface area contributed by atoms with Crippen molar-refractivity contribution in [3.63, 3.8) is 0 Å². The Morgan fingerprint density at radius 3 is 2.48 bits per heavy atom. The first-order valence-electron chi connectivity index (χ1n) is 8.83. The van der Waals surface area contributed by atoms with E-state index >= 15 is 0 Å². The minimum Gasteiger partial charge on any atom is -0.310 e. The molecule has 2 fully saturated rings.